The minimum Gasteiger partial charge on any atom is -0.481 e. The number of rotatable bonds is 2. The molecular weight excluding hydrogens is 116 g/mol. The zero-order valence-electron chi connectivity index (χ0n) is 6.14. The van der Waals surface area contributed by atoms with Gasteiger partial charge in [0.1, 0.15) is 0 Å². The van der Waals surface area contributed by atoms with Crippen LogP contribution in [0.4, 0.5) is 0 Å². The molecule has 0 aliphatic carbocycles. The van der Waals surface area contributed by atoms with Crippen LogP contribution in [0.2, 0.25) is 0 Å². The molecule has 0 aromatic carbocycles. The Morgan fingerprint density at radius 2 is 2.00 bits per heavy atom. The van der Waals surface area contributed by atoms with Crippen LogP contribution in [0.5, 0.6) is 0 Å². The smallest absolute Gasteiger partial charge is 0.303 e. The maximum Gasteiger partial charge on any atom is 0.303 e. The average Bonchev–Trinajstić information content (AvgIpc) is 1.59. The van der Waals surface area contributed by atoms with E-state index in [0.717, 1.165) is 0 Å². The van der Waals surface area contributed by atoms with Crippen LogP contribution in [0, 0.1) is 11.8 Å². The third kappa shape index (κ3) is 7.47. The summed E-state index contributed by atoms with van der Waals surface area (Å²) >= 11 is 0. The Kier molecular flexibility index (Phi) is 2.68. The van der Waals surface area contributed by atoms with Crippen LogP contribution in [0.1, 0.15) is 27.2 Å². The summed E-state index contributed by atoms with van der Waals surface area (Å²) in [6.45, 7) is 5.95. The van der Waals surface area contributed by atoms with Crippen molar-refractivity contribution in [3.8, 4) is 0 Å². The summed E-state index contributed by atoms with van der Waals surface area (Å²) in [4.78, 5) is 10.0. The Bertz CT molecular complexity index is 100.0. The average molecular weight is 129 g/mol. The van der Waals surface area contributed by atoms with E-state index in [0.29, 0.717) is 0 Å². The summed E-state index contributed by atoms with van der Waals surface area (Å²) in [6.07, 6.45) is 1.94. The largest absolute Gasteiger partial charge is 0.481 e. The van der Waals surface area contributed by atoms with Gasteiger partial charge in [0.2, 0.25) is 0 Å². The normalized spacial score (nSPS) is 11.4. The molecule has 2 nitrogen and oxygen atoms in total. The number of aliphatic carboxylic acids is 1. The van der Waals surface area contributed by atoms with E-state index in [1.807, 2.05) is 20.8 Å². The second-order valence-corrected chi connectivity index (χ2v) is 3.17. The SMILES string of the molecule is CC(C)(C)[CH]CC(=O)O. The highest BCUT2D eigenvalue weighted by atomic mass is 16.4. The molecule has 9 heavy (non-hydrogen) atoms. The van der Waals surface area contributed by atoms with Gasteiger partial charge >= 0.3 is 5.97 Å². The van der Waals surface area contributed by atoms with Gasteiger partial charge < -0.3 is 5.11 Å². The summed E-state index contributed by atoms with van der Waals surface area (Å²) in [5.41, 5.74) is 0.0262. The highest BCUT2D eigenvalue weighted by Crippen LogP contribution is 2.18. The molecule has 0 aliphatic heterocycles. The number of carbonyl (C=O) groups is 1. The minimum atomic E-state index is -0.759. The van der Waals surface area contributed by atoms with Gasteiger partial charge in [-0.1, -0.05) is 20.8 Å². The fraction of sp³-hybridized carbons (Fsp3) is 0.714. The van der Waals surface area contributed by atoms with Gasteiger partial charge in [0.15, 0.2) is 0 Å². The van der Waals surface area contributed by atoms with Gasteiger partial charge in [0, 0.05) is 6.42 Å². The lowest BCUT2D eigenvalue weighted by atomic mass is 9.91. The van der Waals surface area contributed by atoms with E-state index < -0.39 is 5.97 Å². The molecule has 1 radical (unpaired) electrons. The molecule has 2 heteroatoms. The maximum absolute atomic E-state index is 10.0. The molecule has 0 aromatic heterocycles. The first-order valence-electron chi connectivity index (χ1n) is 2.98. The van der Waals surface area contributed by atoms with Gasteiger partial charge in [-0.15, -0.1) is 0 Å². The number of hydrogen-bond acceptors (Lipinski definition) is 1. The Labute approximate surface area is 55.9 Å². The van der Waals surface area contributed by atoms with E-state index in [4.69, 9.17) is 5.11 Å². The van der Waals surface area contributed by atoms with Gasteiger partial charge in [-0.3, -0.25) is 4.79 Å². The van der Waals surface area contributed by atoms with Crippen molar-refractivity contribution in [2.45, 2.75) is 27.2 Å². The van der Waals surface area contributed by atoms with Crippen molar-refractivity contribution in [3.63, 3.8) is 0 Å². The van der Waals surface area contributed by atoms with Gasteiger partial charge in [-0.25, -0.2) is 0 Å². The molecule has 0 amide bonds. The first-order chi connectivity index (χ1) is 3.92. The molecule has 0 saturated heterocycles. The third-order valence-corrected chi connectivity index (χ3v) is 0.889. The van der Waals surface area contributed by atoms with Crippen molar-refractivity contribution in [2.24, 2.45) is 5.41 Å². The van der Waals surface area contributed by atoms with Crippen LogP contribution >= 0.6 is 0 Å². The molecule has 0 heterocycles. The van der Waals surface area contributed by atoms with Crippen molar-refractivity contribution in [1.82, 2.24) is 0 Å². The van der Waals surface area contributed by atoms with Crippen molar-refractivity contribution in [2.75, 3.05) is 0 Å². The van der Waals surface area contributed by atoms with Crippen LogP contribution in [0.15, 0.2) is 0 Å². The molecule has 0 rings (SSSR count). The monoisotopic (exact) mass is 129 g/mol. The van der Waals surface area contributed by atoms with Crippen molar-refractivity contribution >= 4 is 5.97 Å². The molecule has 0 bridgehead atoms. The Morgan fingerprint density at radius 3 is 2.11 bits per heavy atom. The first kappa shape index (κ1) is 8.47. The lowest BCUT2D eigenvalue weighted by molar-refractivity contribution is -0.136. The fourth-order valence-corrected chi connectivity index (χ4v) is 0.393. The Balaban J connectivity index is 3.39. The Morgan fingerprint density at radius 1 is 1.56 bits per heavy atom. The second kappa shape index (κ2) is 2.85. The fourth-order valence-electron chi connectivity index (χ4n) is 0.393. The van der Waals surface area contributed by atoms with E-state index in [1.54, 1.807) is 6.42 Å². The lowest BCUT2D eigenvalue weighted by Gasteiger charge is -2.14. The standard InChI is InChI=1S/C7H13O2/c1-7(2,3)5-4-6(8)9/h5H,4H2,1-3H3,(H,8,9). The molecule has 53 valence electrons. The number of hydrogen-bond donors (Lipinski definition) is 1. The zero-order valence-corrected chi connectivity index (χ0v) is 6.14. The van der Waals surface area contributed by atoms with E-state index in [2.05, 4.69) is 0 Å². The van der Waals surface area contributed by atoms with E-state index in [1.165, 1.54) is 0 Å². The minimum absolute atomic E-state index is 0.0262. The highest BCUT2D eigenvalue weighted by molar-refractivity contribution is 5.68. The molecular formula is C7H13O2. The van der Waals surface area contributed by atoms with E-state index in [-0.39, 0.29) is 11.8 Å². The predicted molar refractivity (Wildman–Crippen MR) is 36.0 cm³/mol. The number of carboxylic acids is 1. The van der Waals surface area contributed by atoms with Crippen LogP contribution in [0.25, 0.3) is 0 Å². The van der Waals surface area contributed by atoms with E-state index >= 15 is 0 Å². The van der Waals surface area contributed by atoms with Crippen molar-refractivity contribution < 1.29 is 9.90 Å². The molecule has 0 aromatic rings. The van der Waals surface area contributed by atoms with E-state index in [9.17, 15) is 4.79 Å². The van der Waals surface area contributed by atoms with Gasteiger partial charge in [-0.05, 0) is 11.8 Å². The van der Waals surface area contributed by atoms with Crippen LogP contribution < -0.4 is 0 Å². The van der Waals surface area contributed by atoms with Gasteiger partial charge in [0.25, 0.3) is 0 Å². The molecule has 0 saturated carbocycles. The van der Waals surface area contributed by atoms with Gasteiger partial charge in [-0.2, -0.15) is 0 Å². The summed E-state index contributed by atoms with van der Waals surface area (Å²) in [5.74, 6) is -0.759. The second-order valence-electron chi connectivity index (χ2n) is 3.17. The lowest BCUT2D eigenvalue weighted by Crippen LogP contribution is -2.08. The molecule has 1 N–H and O–H groups in total. The quantitative estimate of drug-likeness (QED) is 0.616. The van der Waals surface area contributed by atoms with Crippen molar-refractivity contribution in [3.05, 3.63) is 6.42 Å². The summed E-state index contributed by atoms with van der Waals surface area (Å²) in [5, 5.41) is 8.25. The third-order valence-electron chi connectivity index (χ3n) is 0.889. The molecule has 0 spiro atoms. The predicted octanol–water partition coefficient (Wildman–Crippen LogP) is 1.71. The van der Waals surface area contributed by atoms with Gasteiger partial charge in [0.05, 0.1) is 0 Å². The maximum atomic E-state index is 10.0. The van der Waals surface area contributed by atoms with Crippen LogP contribution in [-0.2, 0) is 4.79 Å². The molecule has 0 fully saturated rings. The van der Waals surface area contributed by atoms with Crippen LogP contribution in [0.3, 0.4) is 0 Å². The van der Waals surface area contributed by atoms with Crippen molar-refractivity contribution in [1.29, 1.82) is 0 Å². The molecule has 0 atom stereocenters. The summed E-state index contributed by atoms with van der Waals surface area (Å²) in [6, 6.07) is 0. The highest BCUT2D eigenvalue weighted by Gasteiger charge is 2.11. The zero-order chi connectivity index (χ0) is 7.49. The molecule has 0 unspecified atom stereocenters. The first-order valence-corrected chi connectivity index (χ1v) is 2.98. The van der Waals surface area contributed by atoms with Crippen LogP contribution in [-0.4, -0.2) is 11.1 Å². The molecule has 0 aliphatic rings. The summed E-state index contributed by atoms with van der Waals surface area (Å²) in [7, 11) is 0. The summed E-state index contributed by atoms with van der Waals surface area (Å²) < 4.78 is 0. The number of carboxylic acid groups (broad SMARTS) is 1. The Hall–Kier alpha value is -0.530. The topological polar surface area (TPSA) is 37.3 Å².